The van der Waals surface area contributed by atoms with Gasteiger partial charge in [0.1, 0.15) is 0 Å². The van der Waals surface area contributed by atoms with Crippen molar-refractivity contribution in [3.63, 3.8) is 0 Å². The Kier molecular flexibility index (Phi) is 4.39. The van der Waals surface area contributed by atoms with E-state index in [1.165, 1.54) is 12.8 Å². The van der Waals surface area contributed by atoms with Crippen LogP contribution in [0.4, 0.5) is 0 Å². The summed E-state index contributed by atoms with van der Waals surface area (Å²) in [5, 5.41) is 8.67. The van der Waals surface area contributed by atoms with Crippen molar-refractivity contribution in [3.05, 3.63) is 0 Å². The highest BCUT2D eigenvalue weighted by molar-refractivity contribution is 5.69. The van der Waals surface area contributed by atoms with Crippen LogP contribution in [-0.2, 0) is 9.53 Å². The first-order valence-electron chi connectivity index (χ1n) is 5.44. The molecule has 0 amide bonds. The highest BCUT2D eigenvalue weighted by atomic mass is 16.5. The van der Waals surface area contributed by atoms with Gasteiger partial charge in [0.2, 0.25) is 0 Å². The van der Waals surface area contributed by atoms with E-state index in [-0.39, 0.29) is 5.92 Å². The minimum absolute atomic E-state index is 0.299. The first kappa shape index (κ1) is 11.5. The van der Waals surface area contributed by atoms with Gasteiger partial charge in [0.15, 0.2) is 0 Å². The molecule has 1 fully saturated rings. The van der Waals surface area contributed by atoms with Gasteiger partial charge in [-0.25, -0.2) is 0 Å². The molecule has 0 aromatic heterocycles. The Hall–Kier alpha value is -0.570. The lowest BCUT2D eigenvalue weighted by Gasteiger charge is -2.26. The van der Waals surface area contributed by atoms with Gasteiger partial charge in [-0.2, -0.15) is 0 Å². The van der Waals surface area contributed by atoms with Gasteiger partial charge in [-0.15, -0.1) is 0 Å². The summed E-state index contributed by atoms with van der Waals surface area (Å²) in [6.45, 7) is 4.30. The fraction of sp³-hybridized carbons (Fsp3) is 0.909. The molecule has 1 atom stereocenters. The standard InChI is InChI=1S/C11H20O3/c1-8-3-5-10(6-4-8)14-7-9(2)11(12)13/h8-10H,3-7H2,1-2H3,(H,12,13). The monoisotopic (exact) mass is 200 g/mol. The zero-order valence-electron chi connectivity index (χ0n) is 9.03. The Morgan fingerprint density at radius 3 is 2.50 bits per heavy atom. The van der Waals surface area contributed by atoms with E-state index in [2.05, 4.69) is 6.92 Å². The van der Waals surface area contributed by atoms with Crippen LogP contribution in [0.15, 0.2) is 0 Å². The molecule has 14 heavy (non-hydrogen) atoms. The van der Waals surface area contributed by atoms with Crippen molar-refractivity contribution in [2.24, 2.45) is 11.8 Å². The van der Waals surface area contributed by atoms with Crippen LogP contribution in [0.2, 0.25) is 0 Å². The molecule has 0 spiro atoms. The van der Waals surface area contributed by atoms with Crippen LogP contribution in [0.5, 0.6) is 0 Å². The topological polar surface area (TPSA) is 46.5 Å². The van der Waals surface area contributed by atoms with Crippen LogP contribution in [-0.4, -0.2) is 23.8 Å². The summed E-state index contributed by atoms with van der Waals surface area (Å²) < 4.78 is 5.57. The van der Waals surface area contributed by atoms with E-state index < -0.39 is 5.97 Å². The molecular formula is C11H20O3. The predicted molar refractivity (Wildman–Crippen MR) is 54.2 cm³/mol. The molecule has 3 nitrogen and oxygen atoms in total. The highest BCUT2D eigenvalue weighted by Gasteiger charge is 2.20. The predicted octanol–water partition coefficient (Wildman–Crippen LogP) is 2.30. The van der Waals surface area contributed by atoms with Gasteiger partial charge in [-0.05, 0) is 38.5 Å². The van der Waals surface area contributed by atoms with Crippen molar-refractivity contribution in [1.29, 1.82) is 0 Å². The number of aliphatic carboxylic acids is 1. The van der Waals surface area contributed by atoms with Crippen LogP contribution in [0.25, 0.3) is 0 Å². The van der Waals surface area contributed by atoms with Gasteiger partial charge >= 0.3 is 5.97 Å². The van der Waals surface area contributed by atoms with Crippen molar-refractivity contribution in [3.8, 4) is 0 Å². The smallest absolute Gasteiger partial charge is 0.308 e. The fourth-order valence-electron chi connectivity index (χ4n) is 1.75. The molecule has 0 aliphatic heterocycles. The number of carboxylic acids is 1. The average molecular weight is 200 g/mol. The van der Waals surface area contributed by atoms with E-state index in [1.807, 2.05) is 0 Å². The second-order valence-corrected chi connectivity index (χ2v) is 4.45. The van der Waals surface area contributed by atoms with E-state index in [0.717, 1.165) is 18.8 Å². The highest BCUT2D eigenvalue weighted by Crippen LogP contribution is 2.25. The second-order valence-electron chi connectivity index (χ2n) is 4.45. The number of carbonyl (C=O) groups is 1. The number of ether oxygens (including phenoxy) is 1. The molecule has 0 heterocycles. The van der Waals surface area contributed by atoms with Gasteiger partial charge in [0.25, 0.3) is 0 Å². The molecule has 3 heteroatoms. The minimum Gasteiger partial charge on any atom is -0.481 e. The van der Waals surface area contributed by atoms with Gasteiger partial charge in [0.05, 0.1) is 18.6 Å². The zero-order chi connectivity index (χ0) is 10.6. The summed E-state index contributed by atoms with van der Waals surface area (Å²) in [5.74, 6) is -0.338. The largest absolute Gasteiger partial charge is 0.481 e. The summed E-state index contributed by atoms with van der Waals surface area (Å²) in [5.41, 5.74) is 0. The third-order valence-electron chi connectivity index (χ3n) is 2.97. The zero-order valence-corrected chi connectivity index (χ0v) is 9.03. The first-order valence-corrected chi connectivity index (χ1v) is 5.44. The second kappa shape index (κ2) is 5.35. The maximum Gasteiger partial charge on any atom is 0.308 e. The summed E-state index contributed by atoms with van der Waals surface area (Å²) >= 11 is 0. The van der Waals surface area contributed by atoms with E-state index in [0.29, 0.717) is 12.7 Å². The van der Waals surface area contributed by atoms with Crippen LogP contribution in [0.1, 0.15) is 39.5 Å². The van der Waals surface area contributed by atoms with Crippen LogP contribution < -0.4 is 0 Å². The summed E-state index contributed by atoms with van der Waals surface area (Å²) in [7, 11) is 0. The number of hydrogen-bond donors (Lipinski definition) is 1. The Bertz CT molecular complexity index is 183. The number of hydrogen-bond acceptors (Lipinski definition) is 2. The van der Waals surface area contributed by atoms with Gasteiger partial charge in [-0.3, -0.25) is 4.79 Å². The van der Waals surface area contributed by atoms with Gasteiger partial charge < -0.3 is 9.84 Å². The van der Waals surface area contributed by atoms with E-state index in [4.69, 9.17) is 9.84 Å². The lowest BCUT2D eigenvalue weighted by Crippen LogP contribution is -2.25. The van der Waals surface area contributed by atoms with E-state index in [9.17, 15) is 4.79 Å². The maximum absolute atomic E-state index is 10.5. The molecule has 1 rings (SSSR count). The van der Waals surface area contributed by atoms with Crippen molar-refractivity contribution < 1.29 is 14.6 Å². The minimum atomic E-state index is -0.769. The normalized spacial score (nSPS) is 29.9. The number of rotatable bonds is 4. The van der Waals surface area contributed by atoms with Crippen LogP contribution >= 0.6 is 0 Å². The molecule has 1 aliphatic carbocycles. The first-order chi connectivity index (χ1) is 6.59. The summed E-state index contributed by atoms with van der Waals surface area (Å²) in [4.78, 5) is 10.5. The molecule has 82 valence electrons. The van der Waals surface area contributed by atoms with Crippen molar-refractivity contribution >= 4 is 5.97 Å². The molecule has 1 N–H and O–H groups in total. The van der Waals surface area contributed by atoms with Crippen molar-refractivity contribution in [2.75, 3.05) is 6.61 Å². The fourth-order valence-corrected chi connectivity index (χ4v) is 1.75. The Labute approximate surface area is 85.5 Å². The van der Waals surface area contributed by atoms with Crippen LogP contribution in [0, 0.1) is 11.8 Å². The molecular weight excluding hydrogens is 180 g/mol. The van der Waals surface area contributed by atoms with Gasteiger partial charge in [0, 0.05) is 0 Å². The molecule has 0 aromatic rings. The summed E-state index contributed by atoms with van der Waals surface area (Å²) in [6.07, 6.45) is 4.91. The maximum atomic E-state index is 10.5. The molecule has 0 saturated heterocycles. The van der Waals surface area contributed by atoms with E-state index in [1.54, 1.807) is 6.92 Å². The Morgan fingerprint density at radius 1 is 1.43 bits per heavy atom. The third-order valence-corrected chi connectivity index (χ3v) is 2.97. The average Bonchev–Trinajstić information content (AvgIpc) is 2.16. The number of carboxylic acid groups (broad SMARTS) is 1. The van der Waals surface area contributed by atoms with Gasteiger partial charge in [-0.1, -0.05) is 6.92 Å². The lowest BCUT2D eigenvalue weighted by atomic mass is 9.89. The SMILES string of the molecule is CC1CCC(OCC(C)C(=O)O)CC1. The van der Waals surface area contributed by atoms with Crippen molar-refractivity contribution in [2.45, 2.75) is 45.6 Å². The molecule has 1 saturated carbocycles. The van der Waals surface area contributed by atoms with E-state index >= 15 is 0 Å². The molecule has 1 unspecified atom stereocenters. The Morgan fingerprint density at radius 2 is 2.00 bits per heavy atom. The third kappa shape index (κ3) is 3.66. The molecule has 0 aromatic carbocycles. The molecule has 0 radical (unpaired) electrons. The van der Waals surface area contributed by atoms with Crippen LogP contribution in [0.3, 0.4) is 0 Å². The quantitative estimate of drug-likeness (QED) is 0.757. The summed E-state index contributed by atoms with van der Waals surface area (Å²) in [6, 6.07) is 0. The van der Waals surface area contributed by atoms with Crippen molar-refractivity contribution in [1.82, 2.24) is 0 Å². The Balaban J connectivity index is 2.16. The molecule has 1 aliphatic rings. The lowest BCUT2D eigenvalue weighted by molar-refractivity contribution is -0.144. The molecule has 0 bridgehead atoms.